The molecular formula is C23H26F6N4O5. The molecule has 0 aliphatic carbocycles. The minimum absolute atomic E-state index is 0.197. The van der Waals surface area contributed by atoms with Crippen molar-refractivity contribution in [1.82, 2.24) is 14.9 Å². The molecule has 2 aromatic heterocycles. The number of carboxylic acid groups (broad SMARTS) is 2. The highest BCUT2D eigenvalue weighted by atomic mass is 19.4. The summed E-state index contributed by atoms with van der Waals surface area (Å²) in [6.07, 6.45) is -5.27. The molecule has 0 saturated carbocycles. The number of ether oxygens (including phenoxy) is 1. The highest BCUT2D eigenvalue weighted by Gasteiger charge is 2.42. The van der Waals surface area contributed by atoms with Crippen LogP contribution in [0.25, 0.3) is 0 Å². The average Bonchev–Trinajstić information content (AvgIpc) is 3.16. The molecule has 2 aliphatic heterocycles. The number of hydrogen-bond acceptors (Lipinski definition) is 7. The average molecular weight is 552 g/mol. The lowest BCUT2D eigenvalue weighted by Gasteiger charge is -2.31. The van der Waals surface area contributed by atoms with E-state index in [2.05, 4.69) is 44.0 Å². The monoisotopic (exact) mass is 552 g/mol. The SMILES string of the molecule is O=C(O)C(F)(F)F.O=C(O)C(F)(F)F.c1ccc(CN2CCOCC3(CCN(c4ccccn4)C3)C2)nc1. The molecule has 4 rings (SSSR count). The van der Waals surface area contributed by atoms with Crippen LogP contribution >= 0.6 is 0 Å². The molecule has 210 valence electrons. The predicted molar refractivity (Wildman–Crippen MR) is 121 cm³/mol. The van der Waals surface area contributed by atoms with Crippen LogP contribution in [0.4, 0.5) is 32.2 Å². The van der Waals surface area contributed by atoms with Crippen LogP contribution in [0.3, 0.4) is 0 Å². The van der Waals surface area contributed by atoms with E-state index >= 15 is 0 Å². The van der Waals surface area contributed by atoms with Gasteiger partial charge in [-0.2, -0.15) is 26.3 Å². The van der Waals surface area contributed by atoms with Gasteiger partial charge < -0.3 is 19.8 Å². The molecule has 15 heteroatoms. The van der Waals surface area contributed by atoms with E-state index in [1.807, 2.05) is 24.5 Å². The molecule has 4 heterocycles. The minimum Gasteiger partial charge on any atom is -0.475 e. The van der Waals surface area contributed by atoms with Crippen molar-refractivity contribution in [3.63, 3.8) is 0 Å². The van der Waals surface area contributed by atoms with E-state index in [0.29, 0.717) is 0 Å². The van der Waals surface area contributed by atoms with E-state index in [1.165, 1.54) is 0 Å². The first-order valence-electron chi connectivity index (χ1n) is 11.2. The molecule has 2 N–H and O–H groups in total. The van der Waals surface area contributed by atoms with Crippen molar-refractivity contribution in [1.29, 1.82) is 0 Å². The summed E-state index contributed by atoms with van der Waals surface area (Å²) >= 11 is 0. The Morgan fingerprint density at radius 1 is 0.895 bits per heavy atom. The van der Waals surface area contributed by atoms with Crippen molar-refractivity contribution in [2.24, 2.45) is 5.41 Å². The van der Waals surface area contributed by atoms with Gasteiger partial charge in [-0.1, -0.05) is 12.1 Å². The fraction of sp³-hybridized carbons (Fsp3) is 0.478. The van der Waals surface area contributed by atoms with Crippen molar-refractivity contribution in [2.75, 3.05) is 44.3 Å². The zero-order valence-electron chi connectivity index (χ0n) is 20.0. The van der Waals surface area contributed by atoms with Gasteiger partial charge in [-0.15, -0.1) is 0 Å². The van der Waals surface area contributed by atoms with E-state index in [1.54, 1.807) is 0 Å². The molecule has 2 fully saturated rings. The number of rotatable bonds is 3. The lowest BCUT2D eigenvalue weighted by atomic mass is 9.87. The van der Waals surface area contributed by atoms with Gasteiger partial charge in [0.25, 0.3) is 0 Å². The van der Waals surface area contributed by atoms with Gasteiger partial charge >= 0.3 is 24.3 Å². The first kappa shape index (κ1) is 30.8. The van der Waals surface area contributed by atoms with Crippen molar-refractivity contribution in [2.45, 2.75) is 25.3 Å². The Hall–Kier alpha value is -3.46. The lowest BCUT2D eigenvalue weighted by molar-refractivity contribution is -0.193. The van der Waals surface area contributed by atoms with Crippen LogP contribution in [0.15, 0.2) is 48.8 Å². The summed E-state index contributed by atoms with van der Waals surface area (Å²) in [4.78, 5) is 31.7. The number of halogens is 6. The number of aliphatic carboxylic acids is 2. The molecule has 0 radical (unpaired) electrons. The summed E-state index contributed by atoms with van der Waals surface area (Å²) in [5.74, 6) is -4.44. The van der Waals surface area contributed by atoms with Crippen LogP contribution in [-0.4, -0.2) is 88.8 Å². The number of hydrogen-bond donors (Lipinski definition) is 2. The summed E-state index contributed by atoms with van der Waals surface area (Å²) in [5.41, 5.74) is 1.33. The summed E-state index contributed by atoms with van der Waals surface area (Å²) in [6.45, 7) is 6.65. The summed E-state index contributed by atoms with van der Waals surface area (Å²) in [7, 11) is 0. The summed E-state index contributed by atoms with van der Waals surface area (Å²) in [6, 6.07) is 12.3. The van der Waals surface area contributed by atoms with E-state index in [4.69, 9.17) is 24.5 Å². The molecule has 38 heavy (non-hydrogen) atoms. The summed E-state index contributed by atoms with van der Waals surface area (Å²) in [5, 5.41) is 14.2. The van der Waals surface area contributed by atoms with Gasteiger partial charge in [0, 0.05) is 50.5 Å². The third-order valence-corrected chi connectivity index (χ3v) is 5.53. The number of carbonyl (C=O) groups is 2. The topological polar surface area (TPSA) is 116 Å². The van der Waals surface area contributed by atoms with E-state index < -0.39 is 24.3 Å². The first-order chi connectivity index (χ1) is 17.7. The smallest absolute Gasteiger partial charge is 0.475 e. The molecule has 0 aromatic carbocycles. The molecule has 0 amide bonds. The Balaban J connectivity index is 0.000000301. The Bertz CT molecular complexity index is 1000. The molecule has 0 bridgehead atoms. The normalized spacial score (nSPS) is 20.0. The second kappa shape index (κ2) is 13.4. The third kappa shape index (κ3) is 10.1. The van der Waals surface area contributed by atoms with Crippen LogP contribution in [-0.2, 0) is 20.9 Å². The van der Waals surface area contributed by atoms with Gasteiger partial charge in [0.15, 0.2) is 0 Å². The number of aromatic nitrogens is 2. The molecular weight excluding hydrogens is 526 g/mol. The number of anilines is 1. The van der Waals surface area contributed by atoms with Crippen molar-refractivity contribution in [3.8, 4) is 0 Å². The van der Waals surface area contributed by atoms with Crippen LogP contribution in [0, 0.1) is 5.41 Å². The van der Waals surface area contributed by atoms with Crippen molar-refractivity contribution in [3.05, 3.63) is 54.5 Å². The van der Waals surface area contributed by atoms with Gasteiger partial charge in [0.1, 0.15) is 5.82 Å². The second-order valence-corrected chi connectivity index (χ2v) is 8.55. The van der Waals surface area contributed by atoms with Crippen molar-refractivity contribution < 1.29 is 50.9 Å². The highest BCUT2D eigenvalue weighted by molar-refractivity contribution is 5.73. The second-order valence-electron chi connectivity index (χ2n) is 8.55. The standard InChI is InChI=1S/C19H24N4O.2C2HF3O2/c1-3-8-20-17(5-1)13-22-11-12-24-16-19(14-22)7-10-23(15-19)18-6-2-4-9-21-18;2*3-2(4,5)1(6)7/h1-6,8-9H,7,10-16H2;2*(H,6,7). The fourth-order valence-corrected chi connectivity index (χ4v) is 3.86. The first-order valence-corrected chi connectivity index (χ1v) is 11.2. The molecule has 2 saturated heterocycles. The minimum atomic E-state index is -5.08. The number of carboxylic acids is 2. The van der Waals surface area contributed by atoms with Gasteiger partial charge in [-0.3, -0.25) is 9.88 Å². The Labute approximate surface area is 213 Å². The Morgan fingerprint density at radius 3 is 1.97 bits per heavy atom. The Kier molecular flexibility index (Phi) is 10.8. The number of nitrogens with zero attached hydrogens (tertiary/aromatic N) is 4. The maximum absolute atomic E-state index is 10.6. The molecule has 9 nitrogen and oxygen atoms in total. The molecule has 1 unspecified atom stereocenters. The highest BCUT2D eigenvalue weighted by Crippen LogP contribution is 2.35. The van der Waals surface area contributed by atoms with Crippen LogP contribution in [0.2, 0.25) is 0 Å². The molecule has 1 atom stereocenters. The van der Waals surface area contributed by atoms with Gasteiger partial charge in [0.05, 0.1) is 18.9 Å². The van der Waals surface area contributed by atoms with Crippen molar-refractivity contribution >= 4 is 17.8 Å². The largest absolute Gasteiger partial charge is 0.490 e. The zero-order chi connectivity index (χ0) is 28.4. The number of alkyl halides is 6. The van der Waals surface area contributed by atoms with E-state index in [0.717, 1.165) is 63.9 Å². The van der Waals surface area contributed by atoms with Gasteiger partial charge in [-0.05, 0) is 30.7 Å². The molecule has 1 spiro atoms. The molecule has 2 aliphatic rings. The van der Waals surface area contributed by atoms with Gasteiger partial charge in [-0.25, -0.2) is 14.6 Å². The fourth-order valence-electron chi connectivity index (χ4n) is 3.86. The van der Waals surface area contributed by atoms with Gasteiger partial charge in [0.2, 0.25) is 0 Å². The lowest BCUT2D eigenvalue weighted by Crippen LogP contribution is -2.40. The quantitative estimate of drug-likeness (QED) is 0.553. The summed E-state index contributed by atoms with van der Waals surface area (Å²) < 4.78 is 69.4. The van der Waals surface area contributed by atoms with E-state index in [-0.39, 0.29) is 5.41 Å². The maximum Gasteiger partial charge on any atom is 0.490 e. The predicted octanol–water partition coefficient (Wildman–Crippen LogP) is 3.47. The third-order valence-electron chi connectivity index (χ3n) is 5.53. The van der Waals surface area contributed by atoms with E-state index in [9.17, 15) is 26.3 Å². The Morgan fingerprint density at radius 2 is 1.47 bits per heavy atom. The van der Waals surface area contributed by atoms with Crippen LogP contribution < -0.4 is 4.90 Å². The number of pyridine rings is 2. The molecule has 2 aromatic rings. The van der Waals surface area contributed by atoms with Crippen LogP contribution in [0.1, 0.15) is 12.1 Å². The van der Waals surface area contributed by atoms with Crippen LogP contribution in [0.5, 0.6) is 0 Å². The maximum atomic E-state index is 10.6. The zero-order valence-corrected chi connectivity index (χ0v) is 20.0.